The maximum atomic E-state index is 15.4. The summed E-state index contributed by atoms with van der Waals surface area (Å²) in [4.78, 5) is 0. The third-order valence-electron chi connectivity index (χ3n) is 6.42. The third kappa shape index (κ3) is 8.27. The van der Waals surface area contributed by atoms with Crippen molar-refractivity contribution in [3.05, 3.63) is 131 Å². The average Bonchev–Trinajstić information content (AvgIpc) is 2.97. The van der Waals surface area contributed by atoms with Crippen LogP contribution in [0.15, 0.2) is 97.1 Å². The van der Waals surface area contributed by atoms with Crippen molar-refractivity contribution < 1.29 is 62.1 Å². The molecule has 0 N–H and O–H groups in total. The molecular weight excluding hydrogens is 670 g/mol. The molecule has 4 aromatic rings. The summed E-state index contributed by atoms with van der Waals surface area (Å²) in [5.41, 5.74) is 0.884. The van der Waals surface area contributed by atoms with Gasteiger partial charge in [0.2, 0.25) is 0 Å². The van der Waals surface area contributed by atoms with Gasteiger partial charge in [-0.15, -0.1) is 0 Å². The summed E-state index contributed by atoms with van der Waals surface area (Å²) in [7, 11) is 0. The predicted octanol–water partition coefficient (Wildman–Crippen LogP) is 5.41. The zero-order chi connectivity index (χ0) is 29.5. The van der Waals surface area contributed by atoms with E-state index in [2.05, 4.69) is 0 Å². The number of ether oxygens (including phenoxy) is 4. The Hall–Kier alpha value is -3.06. The van der Waals surface area contributed by atoms with E-state index in [4.69, 9.17) is 18.9 Å². The van der Waals surface area contributed by atoms with Crippen LogP contribution in [0.5, 0.6) is 11.5 Å². The molecule has 0 amide bonds. The molecule has 1 saturated heterocycles. The fraction of sp³-hybridized carbons (Fsp3) is 0.250. The van der Waals surface area contributed by atoms with E-state index in [1.807, 2.05) is 60.7 Å². The standard InChI is InChI=1S/C32H27F5IO4/c33-26-15-25(41-24-13-11-23(12-14-24)32(35,36)37)16-27(34)31(26)28-17-29(40-19-22-9-5-2-6-10-22)38-30(42-28)20-39-18-21-7-3-1-4-8-21/h1-16,28-30H,17-20H2/q-1/t28-,29-,30-/m1/s1. The van der Waals surface area contributed by atoms with E-state index in [0.29, 0.717) is 13.2 Å². The molecule has 42 heavy (non-hydrogen) atoms. The Bertz CT molecular complexity index is 1410. The van der Waals surface area contributed by atoms with Crippen LogP contribution in [0.1, 0.15) is 34.8 Å². The molecule has 4 aromatic carbocycles. The van der Waals surface area contributed by atoms with Crippen molar-refractivity contribution in [1.29, 1.82) is 0 Å². The fourth-order valence-electron chi connectivity index (χ4n) is 4.39. The Morgan fingerprint density at radius 1 is 0.762 bits per heavy atom. The van der Waals surface area contributed by atoms with Crippen LogP contribution in [0, 0.1) is 11.6 Å². The van der Waals surface area contributed by atoms with Crippen molar-refractivity contribution in [2.24, 2.45) is 0 Å². The Morgan fingerprint density at radius 2 is 1.36 bits per heavy atom. The summed E-state index contributed by atoms with van der Waals surface area (Å²) in [5.74, 6) is -1.94. The molecular formula is C32H27F5IO4-. The summed E-state index contributed by atoms with van der Waals surface area (Å²) in [6.07, 6.45) is -5.17. The van der Waals surface area contributed by atoms with Crippen molar-refractivity contribution >= 4 is 0 Å². The second-order valence-corrected chi connectivity index (χ2v) is 13.0. The zero-order valence-electron chi connectivity index (χ0n) is 22.2. The number of hydrogen-bond donors (Lipinski definition) is 0. The Balaban J connectivity index is 1.30. The van der Waals surface area contributed by atoms with Gasteiger partial charge in [-0.2, -0.15) is 13.2 Å². The third-order valence-corrected chi connectivity index (χ3v) is 9.54. The molecule has 10 heteroatoms. The first-order chi connectivity index (χ1) is 20.2. The van der Waals surface area contributed by atoms with Crippen LogP contribution in [0.25, 0.3) is 0 Å². The number of halogens is 6. The van der Waals surface area contributed by atoms with Gasteiger partial charge in [0.05, 0.1) is 0 Å². The van der Waals surface area contributed by atoms with Crippen molar-refractivity contribution in [3.8, 4) is 11.5 Å². The van der Waals surface area contributed by atoms with Gasteiger partial charge in [0, 0.05) is 0 Å². The van der Waals surface area contributed by atoms with Gasteiger partial charge in [0.1, 0.15) is 0 Å². The Morgan fingerprint density at radius 3 is 1.95 bits per heavy atom. The summed E-state index contributed by atoms with van der Waals surface area (Å²) in [6, 6.07) is 25.2. The van der Waals surface area contributed by atoms with Gasteiger partial charge in [-0.05, 0) is 0 Å². The molecule has 0 saturated carbocycles. The number of rotatable bonds is 10. The van der Waals surface area contributed by atoms with Gasteiger partial charge in [-0.3, -0.25) is 0 Å². The van der Waals surface area contributed by atoms with E-state index in [1.165, 1.54) is 0 Å². The van der Waals surface area contributed by atoms with Crippen LogP contribution < -0.4 is 25.9 Å². The number of hydrogen-bond acceptors (Lipinski definition) is 4. The molecule has 0 bridgehead atoms. The molecule has 3 atom stereocenters. The first-order valence-corrected chi connectivity index (χ1v) is 15.6. The fourth-order valence-corrected chi connectivity index (χ4v) is 7.41. The monoisotopic (exact) mass is 697 g/mol. The van der Waals surface area contributed by atoms with Gasteiger partial charge in [-0.1, -0.05) is 0 Å². The SMILES string of the molecule is Fc1cc(Oc2ccc(C(F)(F)F)cc2)cc(F)c1[C@H]1C[C@@H](OCc2ccccc2)[I-][C@@H](COCc2ccccc2)O1. The molecule has 0 aromatic heterocycles. The van der Waals surface area contributed by atoms with E-state index >= 15 is 8.78 Å². The summed E-state index contributed by atoms with van der Waals surface area (Å²) in [6.45, 7) is 0.992. The maximum absolute atomic E-state index is 15.4. The summed E-state index contributed by atoms with van der Waals surface area (Å²) < 4.78 is 92.4. The van der Waals surface area contributed by atoms with E-state index in [-0.39, 0.29) is 38.3 Å². The topological polar surface area (TPSA) is 36.9 Å². The van der Waals surface area contributed by atoms with E-state index in [1.54, 1.807) is 0 Å². The minimum atomic E-state index is -4.51. The van der Waals surface area contributed by atoms with Crippen molar-refractivity contribution in [1.82, 2.24) is 0 Å². The first-order valence-electron chi connectivity index (χ1n) is 13.1. The molecule has 1 aliphatic rings. The molecule has 1 aliphatic heterocycles. The molecule has 1 fully saturated rings. The van der Waals surface area contributed by atoms with Gasteiger partial charge in [0.25, 0.3) is 0 Å². The summed E-state index contributed by atoms with van der Waals surface area (Å²) in [5, 5.41) is 0. The van der Waals surface area contributed by atoms with Gasteiger partial charge >= 0.3 is 238 Å². The van der Waals surface area contributed by atoms with Crippen LogP contribution in [0.4, 0.5) is 22.0 Å². The van der Waals surface area contributed by atoms with Crippen LogP contribution in [-0.2, 0) is 33.6 Å². The molecule has 0 spiro atoms. The van der Waals surface area contributed by atoms with Crippen molar-refractivity contribution in [2.45, 2.75) is 40.1 Å². The van der Waals surface area contributed by atoms with Crippen LogP contribution in [-0.4, -0.2) is 14.8 Å². The second kappa shape index (κ2) is 13.9. The van der Waals surface area contributed by atoms with Crippen LogP contribution in [0.3, 0.4) is 0 Å². The first kappa shape index (κ1) is 30.4. The molecule has 5 rings (SSSR count). The Kier molecular flexibility index (Phi) is 10.1. The van der Waals surface area contributed by atoms with E-state index < -0.39 is 50.7 Å². The molecule has 4 nitrogen and oxygen atoms in total. The predicted molar refractivity (Wildman–Crippen MR) is 141 cm³/mol. The normalized spacial score (nSPS) is 19.2. The molecule has 222 valence electrons. The molecule has 1 heterocycles. The van der Waals surface area contributed by atoms with Gasteiger partial charge < -0.3 is 0 Å². The number of alkyl halides is 5. The minimum absolute atomic E-state index is 0.0122. The summed E-state index contributed by atoms with van der Waals surface area (Å²) >= 11 is -0.708. The Labute approximate surface area is 250 Å². The molecule has 0 radical (unpaired) electrons. The van der Waals surface area contributed by atoms with Gasteiger partial charge in [0.15, 0.2) is 0 Å². The average molecular weight is 697 g/mol. The van der Waals surface area contributed by atoms with Crippen LogP contribution in [0.2, 0.25) is 0 Å². The van der Waals surface area contributed by atoms with E-state index in [9.17, 15) is 13.2 Å². The van der Waals surface area contributed by atoms with Crippen LogP contribution >= 0.6 is 0 Å². The van der Waals surface area contributed by atoms with E-state index in [0.717, 1.165) is 47.5 Å². The van der Waals surface area contributed by atoms with Crippen molar-refractivity contribution in [2.75, 3.05) is 6.61 Å². The molecule has 0 aliphatic carbocycles. The van der Waals surface area contributed by atoms with Crippen molar-refractivity contribution in [3.63, 3.8) is 0 Å². The zero-order valence-corrected chi connectivity index (χ0v) is 24.4. The number of benzene rings is 4. The quantitative estimate of drug-likeness (QED) is 0.126. The second-order valence-electron chi connectivity index (χ2n) is 9.53. The van der Waals surface area contributed by atoms with Gasteiger partial charge in [-0.25, -0.2) is 0 Å². The molecule has 0 unspecified atom stereocenters.